The number of rotatable bonds is 4. The summed E-state index contributed by atoms with van der Waals surface area (Å²) >= 11 is 1.33. The number of hydrogen-bond donors (Lipinski definition) is 2. The normalized spacial score (nSPS) is 15.8. The Hall–Kier alpha value is -3.00. The lowest BCUT2D eigenvalue weighted by Crippen LogP contribution is -2.31. The maximum absolute atomic E-state index is 13.6. The summed E-state index contributed by atoms with van der Waals surface area (Å²) in [6.45, 7) is 0. The Kier molecular flexibility index (Phi) is 4.95. The van der Waals surface area contributed by atoms with Crippen molar-refractivity contribution in [3.05, 3.63) is 87.2 Å². The Labute approximate surface area is 163 Å². The molecule has 0 bridgehead atoms. The van der Waals surface area contributed by atoms with E-state index in [1.807, 2.05) is 30.3 Å². The van der Waals surface area contributed by atoms with Gasteiger partial charge in [-0.2, -0.15) is 0 Å². The highest BCUT2D eigenvalue weighted by molar-refractivity contribution is 7.98. The van der Waals surface area contributed by atoms with E-state index in [9.17, 15) is 18.4 Å². The zero-order valence-electron chi connectivity index (χ0n) is 14.5. The molecule has 1 aliphatic heterocycles. The maximum atomic E-state index is 13.6. The SMILES string of the molecule is O=C1C[C@@H](c2cc(F)cc(F)c2)c2c(nc(SCc3ccccc3)[nH]c2=O)N1. The molecular formula is C20H15F2N3O2S. The van der Waals surface area contributed by atoms with Gasteiger partial charge in [-0.05, 0) is 23.3 Å². The molecule has 3 aromatic rings. The summed E-state index contributed by atoms with van der Waals surface area (Å²) in [5.74, 6) is -1.93. The van der Waals surface area contributed by atoms with E-state index < -0.39 is 23.1 Å². The van der Waals surface area contributed by atoms with Crippen molar-refractivity contribution < 1.29 is 13.6 Å². The van der Waals surface area contributed by atoms with Crippen molar-refractivity contribution in [1.82, 2.24) is 9.97 Å². The number of thioether (sulfide) groups is 1. The first kappa shape index (κ1) is 18.4. The van der Waals surface area contributed by atoms with Gasteiger partial charge < -0.3 is 10.3 Å². The van der Waals surface area contributed by atoms with E-state index in [0.717, 1.165) is 23.8 Å². The molecule has 0 aliphatic carbocycles. The van der Waals surface area contributed by atoms with Crippen molar-refractivity contribution in [2.45, 2.75) is 23.2 Å². The number of hydrogen-bond acceptors (Lipinski definition) is 4. The van der Waals surface area contributed by atoms with Gasteiger partial charge in [-0.3, -0.25) is 9.59 Å². The third-order valence-electron chi connectivity index (χ3n) is 4.43. The predicted molar refractivity (Wildman–Crippen MR) is 102 cm³/mol. The molecule has 0 saturated heterocycles. The number of nitrogens with zero attached hydrogens (tertiary/aromatic N) is 1. The lowest BCUT2D eigenvalue weighted by Gasteiger charge is -2.24. The molecule has 1 atom stereocenters. The molecule has 8 heteroatoms. The van der Waals surface area contributed by atoms with E-state index in [4.69, 9.17) is 0 Å². The molecule has 2 N–H and O–H groups in total. The van der Waals surface area contributed by atoms with Crippen LogP contribution in [0.25, 0.3) is 0 Å². The van der Waals surface area contributed by atoms with E-state index in [2.05, 4.69) is 15.3 Å². The smallest absolute Gasteiger partial charge is 0.257 e. The summed E-state index contributed by atoms with van der Waals surface area (Å²) in [7, 11) is 0. The minimum atomic E-state index is -0.765. The summed E-state index contributed by atoms with van der Waals surface area (Å²) in [5, 5.41) is 2.96. The molecule has 1 aromatic heterocycles. The Morgan fingerprint density at radius 2 is 1.79 bits per heavy atom. The quantitative estimate of drug-likeness (QED) is 0.517. The van der Waals surface area contributed by atoms with Gasteiger partial charge in [0.25, 0.3) is 5.56 Å². The van der Waals surface area contributed by atoms with Gasteiger partial charge in [0, 0.05) is 24.2 Å². The zero-order valence-corrected chi connectivity index (χ0v) is 15.4. The van der Waals surface area contributed by atoms with Crippen LogP contribution in [-0.2, 0) is 10.5 Å². The molecule has 1 amide bonds. The number of carbonyl (C=O) groups is 1. The monoisotopic (exact) mass is 399 g/mol. The van der Waals surface area contributed by atoms with Gasteiger partial charge in [0.1, 0.15) is 17.5 Å². The van der Waals surface area contributed by atoms with Crippen LogP contribution in [0.1, 0.15) is 29.0 Å². The first-order valence-corrected chi connectivity index (χ1v) is 9.55. The number of halogens is 2. The fraction of sp³-hybridized carbons (Fsp3) is 0.150. The van der Waals surface area contributed by atoms with Crippen LogP contribution in [-0.4, -0.2) is 15.9 Å². The van der Waals surface area contributed by atoms with Crippen LogP contribution in [0.2, 0.25) is 0 Å². The average molecular weight is 399 g/mol. The van der Waals surface area contributed by atoms with Gasteiger partial charge in [-0.25, -0.2) is 13.8 Å². The minimum absolute atomic E-state index is 0.0862. The number of carbonyl (C=O) groups excluding carboxylic acids is 1. The molecule has 2 heterocycles. The van der Waals surface area contributed by atoms with E-state index in [0.29, 0.717) is 10.9 Å². The van der Waals surface area contributed by atoms with E-state index >= 15 is 0 Å². The average Bonchev–Trinajstić information content (AvgIpc) is 2.65. The van der Waals surface area contributed by atoms with Crippen molar-refractivity contribution in [2.75, 3.05) is 5.32 Å². The van der Waals surface area contributed by atoms with Gasteiger partial charge in [-0.15, -0.1) is 0 Å². The van der Waals surface area contributed by atoms with Gasteiger partial charge in [0.2, 0.25) is 5.91 Å². The second-order valence-electron chi connectivity index (χ2n) is 6.42. The summed E-state index contributed by atoms with van der Waals surface area (Å²) in [5.41, 5.74) is 1.06. The molecule has 5 nitrogen and oxygen atoms in total. The molecule has 0 saturated carbocycles. The highest BCUT2D eigenvalue weighted by Gasteiger charge is 2.31. The Morgan fingerprint density at radius 1 is 1.07 bits per heavy atom. The van der Waals surface area contributed by atoms with Crippen LogP contribution >= 0.6 is 11.8 Å². The maximum Gasteiger partial charge on any atom is 0.257 e. The van der Waals surface area contributed by atoms with Gasteiger partial charge in [0.05, 0.1) is 5.56 Å². The van der Waals surface area contributed by atoms with Crippen molar-refractivity contribution in [3.63, 3.8) is 0 Å². The van der Waals surface area contributed by atoms with E-state index in [1.165, 1.54) is 11.8 Å². The Bertz CT molecular complexity index is 1080. The van der Waals surface area contributed by atoms with Gasteiger partial charge >= 0.3 is 0 Å². The molecular weight excluding hydrogens is 384 g/mol. The predicted octanol–water partition coefficient (Wildman–Crippen LogP) is 3.81. The van der Waals surface area contributed by atoms with Crippen molar-refractivity contribution >= 4 is 23.5 Å². The number of H-pyrrole nitrogens is 1. The first-order valence-electron chi connectivity index (χ1n) is 8.56. The van der Waals surface area contributed by atoms with Crippen LogP contribution in [0.15, 0.2) is 58.5 Å². The Morgan fingerprint density at radius 3 is 2.50 bits per heavy atom. The van der Waals surface area contributed by atoms with Crippen molar-refractivity contribution in [3.8, 4) is 0 Å². The van der Waals surface area contributed by atoms with Crippen LogP contribution < -0.4 is 10.9 Å². The molecule has 2 aromatic carbocycles. The molecule has 0 spiro atoms. The highest BCUT2D eigenvalue weighted by Crippen LogP contribution is 2.35. The second kappa shape index (κ2) is 7.55. The third-order valence-corrected chi connectivity index (χ3v) is 5.38. The fourth-order valence-electron chi connectivity index (χ4n) is 3.21. The topological polar surface area (TPSA) is 74.8 Å². The molecule has 1 aliphatic rings. The fourth-order valence-corrected chi connectivity index (χ4v) is 4.02. The molecule has 0 fully saturated rings. The van der Waals surface area contributed by atoms with E-state index in [-0.39, 0.29) is 29.3 Å². The van der Waals surface area contributed by atoms with Gasteiger partial charge in [0.15, 0.2) is 5.16 Å². The molecule has 4 rings (SSSR count). The number of fused-ring (bicyclic) bond motifs is 1. The largest absolute Gasteiger partial charge is 0.310 e. The number of aromatic amines is 1. The summed E-state index contributed by atoms with van der Waals surface area (Å²) in [6.07, 6.45) is -0.0862. The summed E-state index contributed by atoms with van der Waals surface area (Å²) in [6, 6.07) is 12.7. The first-order chi connectivity index (χ1) is 13.5. The van der Waals surface area contributed by atoms with E-state index in [1.54, 1.807) is 0 Å². The Balaban J connectivity index is 1.69. The van der Waals surface area contributed by atoms with Crippen LogP contribution in [0.5, 0.6) is 0 Å². The standard InChI is InChI=1S/C20H15F2N3O2S/c21-13-6-12(7-14(22)8-13)15-9-16(26)23-18-17(15)19(27)25-20(24-18)28-10-11-4-2-1-3-5-11/h1-8,15H,9-10H2,(H2,23,24,25,26,27)/t15-/m0/s1. The highest BCUT2D eigenvalue weighted by atomic mass is 32.2. The van der Waals surface area contributed by atoms with Gasteiger partial charge in [-0.1, -0.05) is 42.1 Å². The number of aromatic nitrogens is 2. The lowest BCUT2D eigenvalue weighted by molar-refractivity contribution is -0.116. The summed E-state index contributed by atoms with van der Waals surface area (Å²) in [4.78, 5) is 31.9. The number of amides is 1. The number of benzene rings is 2. The zero-order chi connectivity index (χ0) is 19.7. The van der Waals surface area contributed by atoms with Crippen molar-refractivity contribution in [1.29, 1.82) is 0 Å². The molecule has 142 valence electrons. The lowest BCUT2D eigenvalue weighted by atomic mass is 9.87. The molecule has 0 unspecified atom stereocenters. The molecule has 0 radical (unpaired) electrons. The van der Waals surface area contributed by atoms with Crippen molar-refractivity contribution in [2.24, 2.45) is 0 Å². The number of anilines is 1. The van der Waals surface area contributed by atoms with Crippen LogP contribution in [0.4, 0.5) is 14.6 Å². The minimum Gasteiger partial charge on any atom is -0.310 e. The van der Waals surface area contributed by atoms with Crippen LogP contribution in [0.3, 0.4) is 0 Å². The second-order valence-corrected chi connectivity index (χ2v) is 7.38. The third kappa shape index (κ3) is 3.82. The van der Waals surface area contributed by atoms with Crippen LogP contribution in [0, 0.1) is 11.6 Å². The molecule has 28 heavy (non-hydrogen) atoms. The number of nitrogens with one attached hydrogen (secondary N) is 2. The summed E-state index contributed by atoms with van der Waals surface area (Å²) < 4.78 is 27.3.